The van der Waals surface area contributed by atoms with Crippen LogP contribution in [0.25, 0.3) is 11.1 Å². The Hall–Kier alpha value is -1.88. The van der Waals surface area contributed by atoms with Crippen LogP contribution in [0.15, 0.2) is 36.4 Å². The molecule has 0 aliphatic heterocycles. The van der Waals surface area contributed by atoms with E-state index in [2.05, 4.69) is 4.74 Å². The Labute approximate surface area is 118 Å². The van der Waals surface area contributed by atoms with E-state index in [4.69, 9.17) is 17.3 Å². The van der Waals surface area contributed by atoms with Crippen molar-refractivity contribution in [2.75, 3.05) is 5.73 Å². The van der Waals surface area contributed by atoms with Gasteiger partial charge in [-0.15, -0.1) is 13.2 Å². The first kappa shape index (κ1) is 14.5. The van der Waals surface area contributed by atoms with Gasteiger partial charge >= 0.3 is 6.36 Å². The van der Waals surface area contributed by atoms with Crippen LogP contribution >= 0.6 is 11.6 Å². The minimum atomic E-state index is -4.70. The normalized spacial score (nSPS) is 11.4. The zero-order valence-corrected chi connectivity index (χ0v) is 11.2. The first-order valence-electron chi connectivity index (χ1n) is 5.68. The molecule has 0 heterocycles. The minimum absolute atomic E-state index is 0.274. The molecule has 0 atom stereocenters. The lowest BCUT2D eigenvalue weighted by molar-refractivity contribution is -0.274. The summed E-state index contributed by atoms with van der Waals surface area (Å²) in [6, 6.07) is 8.94. The third kappa shape index (κ3) is 3.17. The third-order valence-electron chi connectivity index (χ3n) is 2.83. The summed E-state index contributed by atoms with van der Waals surface area (Å²) in [5.41, 5.74) is 8.43. The monoisotopic (exact) mass is 301 g/mol. The summed E-state index contributed by atoms with van der Waals surface area (Å²) in [6.45, 7) is 1.78. The molecular weight excluding hydrogens is 291 g/mol. The van der Waals surface area contributed by atoms with E-state index >= 15 is 0 Å². The van der Waals surface area contributed by atoms with Crippen molar-refractivity contribution in [3.8, 4) is 16.9 Å². The second kappa shape index (κ2) is 5.25. The van der Waals surface area contributed by atoms with Crippen LogP contribution in [0, 0.1) is 6.92 Å². The van der Waals surface area contributed by atoms with Crippen molar-refractivity contribution >= 4 is 17.3 Å². The van der Waals surface area contributed by atoms with Crippen LogP contribution in [0.5, 0.6) is 5.75 Å². The van der Waals surface area contributed by atoms with Crippen molar-refractivity contribution in [1.82, 2.24) is 0 Å². The van der Waals surface area contributed by atoms with Gasteiger partial charge in [-0.05, 0) is 36.2 Å². The Kier molecular flexibility index (Phi) is 3.81. The quantitative estimate of drug-likeness (QED) is 0.809. The number of benzene rings is 2. The number of halogens is 4. The number of alkyl halides is 3. The van der Waals surface area contributed by atoms with Crippen molar-refractivity contribution in [3.63, 3.8) is 0 Å². The maximum Gasteiger partial charge on any atom is 0.573 e. The average molecular weight is 302 g/mol. The van der Waals surface area contributed by atoms with Gasteiger partial charge in [0.25, 0.3) is 0 Å². The van der Waals surface area contributed by atoms with E-state index in [1.807, 2.05) is 0 Å². The first-order valence-corrected chi connectivity index (χ1v) is 6.06. The van der Waals surface area contributed by atoms with Gasteiger partial charge in [0.1, 0.15) is 5.75 Å². The summed E-state index contributed by atoms with van der Waals surface area (Å²) in [7, 11) is 0. The zero-order chi connectivity index (χ0) is 14.9. The molecule has 2 aromatic carbocycles. The van der Waals surface area contributed by atoms with E-state index in [1.54, 1.807) is 19.1 Å². The molecule has 0 saturated carbocycles. The molecule has 106 valence electrons. The standard InChI is InChI=1S/C14H11ClF3NO/c1-8-12(19)7-6-11(13(8)15)9-2-4-10(5-3-9)20-14(16,17)18/h2-7H,19H2,1H3. The number of hydrogen-bond acceptors (Lipinski definition) is 2. The lowest BCUT2D eigenvalue weighted by atomic mass is 10.0. The molecule has 2 nitrogen and oxygen atoms in total. The van der Waals surface area contributed by atoms with Crippen LogP contribution in [-0.4, -0.2) is 6.36 Å². The van der Waals surface area contributed by atoms with Gasteiger partial charge < -0.3 is 10.5 Å². The molecule has 0 saturated heterocycles. The molecule has 2 N–H and O–H groups in total. The Morgan fingerprint density at radius 3 is 2.20 bits per heavy atom. The smallest absolute Gasteiger partial charge is 0.406 e. The fourth-order valence-corrected chi connectivity index (χ4v) is 2.04. The van der Waals surface area contributed by atoms with Crippen molar-refractivity contribution in [2.24, 2.45) is 0 Å². The van der Waals surface area contributed by atoms with Gasteiger partial charge in [0.15, 0.2) is 0 Å². The van der Waals surface area contributed by atoms with Crippen molar-refractivity contribution in [1.29, 1.82) is 0 Å². The summed E-state index contributed by atoms with van der Waals surface area (Å²) in [5.74, 6) is -0.274. The van der Waals surface area contributed by atoms with Crippen LogP contribution in [0.4, 0.5) is 18.9 Å². The second-order valence-electron chi connectivity index (χ2n) is 4.21. The van der Waals surface area contributed by atoms with E-state index in [0.717, 1.165) is 5.56 Å². The van der Waals surface area contributed by atoms with Crippen molar-refractivity contribution in [3.05, 3.63) is 47.0 Å². The third-order valence-corrected chi connectivity index (χ3v) is 3.31. The van der Waals surface area contributed by atoms with Gasteiger partial charge in [0.2, 0.25) is 0 Å². The SMILES string of the molecule is Cc1c(N)ccc(-c2ccc(OC(F)(F)F)cc2)c1Cl. The minimum Gasteiger partial charge on any atom is -0.406 e. The predicted octanol–water partition coefficient (Wildman–Crippen LogP) is 4.80. The summed E-state index contributed by atoms with van der Waals surface area (Å²) >= 11 is 6.19. The second-order valence-corrected chi connectivity index (χ2v) is 4.59. The lowest BCUT2D eigenvalue weighted by Gasteiger charge is -2.11. The van der Waals surface area contributed by atoms with E-state index in [0.29, 0.717) is 21.8 Å². The van der Waals surface area contributed by atoms with Gasteiger partial charge in [0, 0.05) is 11.3 Å². The molecule has 0 spiro atoms. The molecule has 6 heteroatoms. The molecule has 0 radical (unpaired) electrons. The van der Waals surface area contributed by atoms with Crippen LogP contribution in [-0.2, 0) is 0 Å². The molecule has 0 fully saturated rings. The van der Waals surface area contributed by atoms with Crippen LogP contribution in [0.2, 0.25) is 5.02 Å². The highest BCUT2D eigenvalue weighted by atomic mass is 35.5. The van der Waals surface area contributed by atoms with E-state index in [-0.39, 0.29) is 5.75 Å². The van der Waals surface area contributed by atoms with Gasteiger partial charge in [0.05, 0.1) is 5.02 Å². The molecule has 20 heavy (non-hydrogen) atoms. The number of ether oxygens (including phenoxy) is 1. The summed E-state index contributed by atoms with van der Waals surface area (Å²) in [5, 5.41) is 0.481. The van der Waals surface area contributed by atoms with Crippen LogP contribution in [0.3, 0.4) is 0 Å². The van der Waals surface area contributed by atoms with Crippen molar-refractivity contribution < 1.29 is 17.9 Å². The maximum absolute atomic E-state index is 12.1. The van der Waals surface area contributed by atoms with Crippen molar-refractivity contribution in [2.45, 2.75) is 13.3 Å². The average Bonchev–Trinajstić information content (AvgIpc) is 2.36. The number of nitrogen functional groups attached to an aromatic ring is 1. The molecular formula is C14H11ClF3NO. The fourth-order valence-electron chi connectivity index (χ4n) is 1.76. The van der Waals surface area contributed by atoms with Gasteiger partial charge in [-0.2, -0.15) is 0 Å². The number of anilines is 1. The summed E-state index contributed by atoms with van der Waals surface area (Å²) in [4.78, 5) is 0. The Balaban J connectivity index is 2.33. The van der Waals surface area contributed by atoms with E-state index in [9.17, 15) is 13.2 Å². The molecule has 0 unspecified atom stereocenters. The maximum atomic E-state index is 12.1. The Morgan fingerprint density at radius 1 is 1.05 bits per heavy atom. The largest absolute Gasteiger partial charge is 0.573 e. The highest BCUT2D eigenvalue weighted by molar-refractivity contribution is 6.34. The number of rotatable bonds is 2. The van der Waals surface area contributed by atoms with Crippen LogP contribution < -0.4 is 10.5 Å². The molecule has 0 bridgehead atoms. The Bertz CT molecular complexity index is 624. The van der Waals surface area contributed by atoms with E-state index < -0.39 is 6.36 Å². The molecule has 2 aromatic rings. The topological polar surface area (TPSA) is 35.2 Å². The summed E-state index contributed by atoms with van der Waals surface area (Å²) in [6.07, 6.45) is -4.70. The number of hydrogen-bond donors (Lipinski definition) is 1. The predicted molar refractivity (Wildman–Crippen MR) is 72.7 cm³/mol. The molecule has 0 amide bonds. The summed E-state index contributed by atoms with van der Waals surface area (Å²) < 4.78 is 40.0. The zero-order valence-electron chi connectivity index (χ0n) is 10.5. The number of nitrogens with two attached hydrogens (primary N) is 1. The van der Waals surface area contributed by atoms with Gasteiger partial charge in [-0.1, -0.05) is 29.8 Å². The molecule has 0 aliphatic rings. The lowest BCUT2D eigenvalue weighted by Crippen LogP contribution is -2.16. The van der Waals surface area contributed by atoms with E-state index in [1.165, 1.54) is 24.3 Å². The highest BCUT2D eigenvalue weighted by Gasteiger charge is 2.30. The fraction of sp³-hybridized carbons (Fsp3) is 0.143. The van der Waals surface area contributed by atoms with Crippen LogP contribution in [0.1, 0.15) is 5.56 Å². The first-order chi connectivity index (χ1) is 9.28. The Morgan fingerprint density at radius 2 is 1.65 bits per heavy atom. The molecule has 2 rings (SSSR count). The van der Waals surface area contributed by atoms with Gasteiger partial charge in [-0.3, -0.25) is 0 Å². The molecule has 0 aromatic heterocycles. The highest BCUT2D eigenvalue weighted by Crippen LogP contribution is 2.34. The van der Waals surface area contributed by atoms with Gasteiger partial charge in [-0.25, -0.2) is 0 Å². The molecule has 0 aliphatic carbocycles.